The Kier molecular flexibility index (Phi) is 2.07. The molecular formula is C11H10N2O4. The molecule has 1 aromatic heterocycles. The molecule has 6 heteroatoms. The van der Waals surface area contributed by atoms with Gasteiger partial charge < -0.3 is 24.4 Å². The molecule has 0 fully saturated rings. The van der Waals surface area contributed by atoms with Crippen LogP contribution < -0.4 is 19.9 Å². The summed E-state index contributed by atoms with van der Waals surface area (Å²) in [7, 11) is 1.57. The molecule has 0 atom stereocenters. The van der Waals surface area contributed by atoms with Crippen LogP contribution >= 0.6 is 0 Å². The Balaban J connectivity index is 2.15. The molecule has 1 aliphatic rings. The number of aromatic nitrogens is 1. The Morgan fingerprint density at radius 3 is 2.71 bits per heavy atom. The van der Waals surface area contributed by atoms with Gasteiger partial charge in [0.2, 0.25) is 6.79 Å². The van der Waals surface area contributed by atoms with Gasteiger partial charge in [-0.05, 0) is 6.07 Å². The molecule has 0 spiro atoms. The van der Waals surface area contributed by atoms with Gasteiger partial charge in [0.05, 0.1) is 18.9 Å². The summed E-state index contributed by atoms with van der Waals surface area (Å²) in [6, 6.07) is 3.64. The lowest BCUT2D eigenvalue weighted by atomic mass is 10.1. The number of nitrogen functional groups attached to an aromatic ring is 1. The first-order chi connectivity index (χ1) is 8.28. The summed E-state index contributed by atoms with van der Waals surface area (Å²) in [5, 5.41) is 0. The van der Waals surface area contributed by atoms with Gasteiger partial charge >= 0.3 is 0 Å². The van der Waals surface area contributed by atoms with Crippen molar-refractivity contribution in [3.8, 4) is 28.6 Å². The third-order valence-electron chi connectivity index (χ3n) is 2.48. The molecule has 3 rings (SSSR count). The number of hydrogen-bond acceptors (Lipinski definition) is 6. The molecule has 2 aromatic rings. The smallest absolute Gasteiger partial charge is 0.292 e. The zero-order chi connectivity index (χ0) is 11.8. The van der Waals surface area contributed by atoms with Crippen molar-refractivity contribution >= 4 is 6.01 Å². The minimum atomic E-state index is 0.111. The van der Waals surface area contributed by atoms with E-state index in [1.165, 1.54) is 6.20 Å². The maximum absolute atomic E-state index is 5.45. The molecule has 6 nitrogen and oxygen atoms in total. The summed E-state index contributed by atoms with van der Waals surface area (Å²) in [5.74, 6) is 2.44. The number of hydrogen-bond donors (Lipinski definition) is 1. The molecule has 1 aliphatic heterocycles. The van der Waals surface area contributed by atoms with E-state index in [0.717, 1.165) is 5.56 Å². The normalized spacial score (nSPS) is 12.8. The summed E-state index contributed by atoms with van der Waals surface area (Å²) in [5.41, 5.74) is 6.17. The Morgan fingerprint density at radius 1 is 1.29 bits per heavy atom. The predicted octanol–water partition coefficient (Wildman–Crippen LogP) is 1.66. The van der Waals surface area contributed by atoms with E-state index in [4.69, 9.17) is 24.4 Å². The van der Waals surface area contributed by atoms with E-state index in [1.54, 1.807) is 19.2 Å². The molecule has 0 amide bonds. The van der Waals surface area contributed by atoms with Crippen LogP contribution in [0.3, 0.4) is 0 Å². The van der Waals surface area contributed by atoms with Crippen LogP contribution in [0, 0.1) is 0 Å². The minimum absolute atomic E-state index is 0.111. The third-order valence-corrected chi connectivity index (χ3v) is 2.48. The SMILES string of the molecule is COc1cc2c(cc1-c1cnc(N)o1)OCO2. The summed E-state index contributed by atoms with van der Waals surface area (Å²) >= 11 is 0. The third kappa shape index (κ3) is 1.54. The Hall–Kier alpha value is -2.37. The molecule has 2 heterocycles. The Labute approximate surface area is 96.9 Å². The monoisotopic (exact) mass is 234 g/mol. The summed E-state index contributed by atoms with van der Waals surface area (Å²) < 4.78 is 21.1. The van der Waals surface area contributed by atoms with Crippen LogP contribution in [-0.2, 0) is 0 Å². The average Bonchev–Trinajstić information content (AvgIpc) is 2.94. The van der Waals surface area contributed by atoms with Gasteiger partial charge in [-0.3, -0.25) is 0 Å². The largest absolute Gasteiger partial charge is 0.496 e. The molecule has 0 saturated heterocycles. The van der Waals surface area contributed by atoms with Crippen molar-refractivity contribution < 1.29 is 18.6 Å². The fourth-order valence-electron chi connectivity index (χ4n) is 1.70. The molecule has 0 unspecified atom stereocenters. The number of nitrogens with two attached hydrogens (primary N) is 1. The predicted molar refractivity (Wildman–Crippen MR) is 59.0 cm³/mol. The topological polar surface area (TPSA) is 79.7 Å². The zero-order valence-electron chi connectivity index (χ0n) is 9.10. The van der Waals surface area contributed by atoms with E-state index in [1.807, 2.05) is 0 Å². The molecular weight excluding hydrogens is 224 g/mol. The second kappa shape index (κ2) is 3.58. The average molecular weight is 234 g/mol. The molecule has 1 aromatic carbocycles. The quantitative estimate of drug-likeness (QED) is 0.851. The van der Waals surface area contributed by atoms with Crippen LogP contribution in [0.4, 0.5) is 6.01 Å². The lowest BCUT2D eigenvalue weighted by Crippen LogP contribution is -1.92. The van der Waals surface area contributed by atoms with Gasteiger partial charge in [0.25, 0.3) is 6.01 Å². The van der Waals surface area contributed by atoms with E-state index in [-0.39, 0.29) is 12.8 Å². The van der Waals surface area contributed by atoms with Gasteiger partial charge in [0.1, 0.15) is 5.75 Å². The van der Waals surface area contributed by atoms with Gasteiger partial charge in [-0.15, -0.1) is 0 Å². The van der Waals surface area contributed by atoms with Crippen molar-refractivity contribution in [2.75, 3.05) is 19.6 Å². The molecule has 17 heavy (non-hydrogen) atoms. The maximum atomic E-state index is 5.45. The molecule has 2 N–H and O–H groups in total. The number of benzene rings is 1. The van der Waals surface area contributed by atoms with E-state index in [0.29, 0.717) is 23.0 Å². The highest BCUT2D eigenvalue weighted by molar-refractivity contribution is 5.71. The van der Waals surface area contributed by atoms with Crippen LogP contribution in [0.5, 0.6) is 17.2 Å². The lowest BCUT2D eigenvalue weighted by molar-refractivity contribution is 0.174. The summed E-state index contributed by atoms with van der Waals surface area (Å²) in [6.45, 7) is 0.209. The van der Waals surface area contributed by atoms with Crippen molar-refractivity contribution in [3.63, 3.8) is 0 Å². The lowest BCUT2D eigenvalue weighted by Gasteiger charge is -2.07. The van der Waals surface area contributed by atoms with Crippen molar-refractivity contribution in [1.29, 1.82) is 0 Å². The first-order valence-corrected chi connectivity index (χ1v) is 4.97. The van der Waals surface area contributed by atoms with Crippen LogP contribution in [0.25, 0.3) is 11.3 Å². The Morgan fingerprint density at radius 2 is 2.06 bits per heavy atom. The first-order valence-electron chi connectivity index (χ1n) is 4.97. The zero-order valence-corrected chi connectivity index (χ0v) is 9.10. The molecule has 0 bridgehead atoms. The highest BCUT2D eigenvalue weighted by Crippen LogP contribution is 2.42. The molecule has 0 saturated carbocycles. The highest BCUT2D eigenvalue weighted by atomic mass is 16.7. The second-order valence-corrected chi connectivity index (χ2v) is 3.47. The summed E-state index contributed by atoms with van der Waals surface area (Å²) in [6.07, 6.45) is 1.54. The van der Waals surface area contributed by atoms with Gasteiger partial charge in [-0.25, -0.2) is 4.98 Å². The number of ether oxygens (including phenoxy) is 3. The fraction of sp³-hybridized carbons (Fsp3) is 0.182. The van der Waals surface area contributed by atoms with Crippen molar-refractivity contribution in [3.05, 3.63) is 18.3 Å². The highest BCUT2D eigenvalue weighted by Gasteiger charge is 2.20. The van der Waals surface area contributed by atoms with E-state index >= 15 is 0 Å². The van der Waals surface area contributed by atoms with Crippen molar-refractivity contribution in [2.24, 2.45) is 0 Å². The van der Waals surface area contributed by atoms with Gasteiger partial charge in [0, 0.05) is 6.07 Å². The van der Waals surface area contributed by atoms with Crippen LogP contribution in [-0.4, -0.2) is 18.9 Å². The number of fused-ring (bicyclic) bond motifs is 1. The van der Waals surface area contributed by atoms with Crippen molar-refractivity contribution in [2.45, 2.75) is 0 Å². The van der Waals surface area contributed by atoms with Gasteiger partial charge in [0.15, 0.2) is 17.3 Å². The molecule has 0 radical (unpaired) electrons. The number of oxazole rings is 1. The van der Waals surface area contributed by atoms with Crippen LogP contribution in [0.2, 0.25) is 0 Å². The number of rotatable bonds is 2. The standard InChI is InChI=1S/C11H10N2O4/c1-14-7-3-9-8(15-5-16-9)2-6(7)10-4-13-11(12)17-10/h2-4H,5H2,1H3,(H2,12,13). The van der Waals surface area contributed by atoms with E-state index in [9.17, 15) is 0 Å². The number of methoxy groups -OCH3 is 1. The molecule has 88 valence electrons. The van der Waals surface area contributed by atoms with Crippen LogP contribution in [0.15, 0.2) is 22.7 Å². The minimum Gasteiger partial charge on any atom is -0.496 e. The first kappa shape index (κ1) is 9.83. The number of nitrogens with zero attached hydrogens (tertiary/aromatic N) is 1. The van der Waals surface area contributed by atoms with Crippen molar-refractivity contribution in [1.82, 2.24) is 4.98 Å². The molecule has 0 aliphatic carbocycles. The number of anilines is 1. The van der Waals surface area contributed by atoms with Gasteiger partial charge in [-0.1, -0.05) is 0 Å². The summed E-state index contributed by atoms with van der Waals surface area (Å²) in [4.78, 5) is 3.85. The van der Waals surface area contributed by atoms with E-state index < -0.39 is 0 Å². The second-order valence-electron chi connectivity index (χ2n) is 3.47. The Bertz CT molecular complexity index is 565. The maximum Gasteiger partial charge on any atom is 0.292 e. The fourth-order valence-corrected chi connectivity index (χ4v) is 1.70. The van der Waals surface area contributed by atoms with E-state index in [2.05, 4.69) is 4.98 Å². The van der Waals surface area contributed by atoms with Gasteiger partial charge in [-0.2, -0.15) is 0 Å². The van der Waals surface area contributed by atoms with Crippen LogP contribution in [0.1, 0.15) is 0 Å².